The monoisotopic (exact) mass is 392 g/mol. The third-order valence-corrected chi connectivity index (χ3v) is 6.18. The molecule has 0 saturated carbocycles. The van der Waals surface area contributed by atoms with Gasteiger partial charge in [0.05, 0.1) is 11.2 Å². The number of amides is 2. The molecule has 0 aliphatic rings. The highest BCUT2D eigenvalue weighted by Crippen LogP contribution is 2.29. The summed E-state index contributed by atoms with van der Waals surface area (Å²) < 4.78 is 31.6. The minimum absolute atomic E-state index is 0.132. The standard InChI is InChI=1S/C19H24N2O5S/c1-12(2)21-19(23)18(22)20-11-17(16-6-5-9-26-16)27(24,25)15-8-7-13(3)14(4)10-15/h5-10,12,17H,11H2,1-4H3,(H,20,22)(H,21,23)/t17-/m0/s1. The summed E-state index contributed by atoms with van der Waals surface area (Å²) in [5, 5.41) is 3.70. The molecule has 8 heteroatoms. The summed E-state index contributed by atoms with van der Waals surface area (Å²) in [6.45, 7) is 6.88. The molecule has 0 fully saturated rings. The summed E-state index contributed by atoms with van der Waals surface area (Å²) >= 11 is 0. The second-order valence-corrected chi connectivity index (χ2v) is 8.76. The van der Waals surface area contributed by atoms with E-state index in [1.807, 2.05) is 13.8 Å². The van der Waals surface area contributed by atoms with Gasteiger partial charge in [-0.15, -0.1) is 0 Å². The molecule has 27 heavy (non-hydrogen) atoms. The quantitative estimate of drug-likeness (QED) is 0.732. The molecule has 2 aromatic rings. The molecule has 7 nitrogen and oxygen atoms in total. The molecule has 0 spiro atoms. The van der Waals surface area contributed by atoms with Crippen molar-refractivity contribution in [3.63, 3.8) is 0 Å². The van der Waals surface area contributed by atoms with Gasteiger partial charge in [0, 0.05) is 12.6 Å². The lowest BCUT2D eigenvalue weighted by Crippen LogP contribution is -2.44. The Morgan fingerprint density at radius 1 is 1.07 bits per heavy atom. The molecule has 1 atom stereocenters. The smallest absolute Gasteiger partial charge is 0.309 e. The van der Waals surface area contributed by atoms with Gasteiger partial charge in [-0.1, -0.05) is 6.07 Å². The van der Waals surface area contributed by atoms with Crippen molar-refractivity contribution in [2.75, 3.05) is 6.54 Å². The molecular formula is C19H24N2O5S. The normalized spacial score (nSPS) is 12.6. The summed E-state index contributed by atoms with van der Waals surface area (Å²) in [5.74, 6) is -1.51. The third kappa shape index (κ3) is 4.97. The summed E-state index contributed by atoms with van der Waals surface area (Å²) in [6, 6.07) is 7.75. The van der Waals surface area contributed by atoms with Crippen molar-refractivity contribution in [1.29, 1.82) is 0 Å². The van der Waals surface area contributed by atoms with Gasteiger partial charge in [0.1, 0.15) is 11.0 Å². The maximum atomic E-state index is 13.1. The summed E-state index contributed by atoms with van der Waals surface area (Å²) in [4.78, 5) is 23.9. The number of benzene rings is 1. The van der Waals surface area contributed by atoms with Crippen LogP contribution in [-0.4, -0.2) is 32.8 Å². The first-order valence-electron chi connectivity index (χ1n) is 8.56. The van der Waals surface area contributed by atoms with Crippen LogP contribution >= 0.6 is 0 Å². The van der Waals surface area contributed by atoms with E-state index in [1.54, 1.807) is 32.0 Å². The predicted molar refractivity (Wildman–Crippen MR) is 101 cm³/mol. The van der Waals surface area contributed by atoms with Crippen molar-refractivity contribution in [2.24, 2.45) is 0 Å². The van der Waals surface area contributed by atoms with Crippen molar-refractivity contribution in [2.45, 2.75) is 43.9 Å². The number of carbonyl (C=O) groups excluding carboxylic acids is 2. The minimum Gasteiger partial charge on any atom is -0.468 e. The molecule has 0 bridgehead atoms. The van der Waals surface area contributed by atoms with Crippen molar-refractivity contribution in [3.05, 3.63) is 53.5 Å². The lowest BCUT2D eigenvalue weighted by Gasteiger charge is -2.17. The molecule has 0 saturated heterocycles. The van der Waals surface area contributed by atoms with E-state index in [9.17, 15) is 18.0 Å². The van der Waals surface area contributed by atoms with Crippen LogP contribution < -0.4 is 10.6 Å². The van der Waals surface area contributed by atoms with E-state index in [4.69, 9.17) is 4.42 Å². The van der Waals surface area contributed by atoms with Crippen molar-refractivity contribution in [3.8, 4) is 0 Å². The van der Waals surface area contributed by atoms with Gasteiger partial charge >= 0.3 is 11.8 Å². The lowest BCUT2D eigenvalue weighted by atomic mass is 10.1. The summed E-state index contributed by atoms with van der Waals surface area (Å²) in [6.07, 6.45) is 1.37. The van der Waals surface area contributed by atoms with Crippen molar-refractivity contribution < 1.29 is 22.4 Å². The maximum Gasteiger partial charge on any atom is 0.309 e. The number of hydrogen-bond acceptors (Lipinski definition) is 5. The van der Waals surface area contributed by atoms with Crippen LogP contribution in [0.25, 0.3) is 0 Å². The van der Waals surface area contributed by atoms with Crippen LogP contribution in [0.4, 0.5) is 0 Å². The number of aryl methyl sites for hydroxylation is 2. The summed E-state index contributed by atoms with van der Waals surface area (Å²) in [5.41, 5.74) is 1.82. The van der Waals surface area contributed by atoms with Crippen LogP contribution in [0.3, 0.4) is 0 Å². The van der Waals surface area contributed by atoms with E-state index in [1.165, 1.54) is 18.4 Å². The fourth-order valence-corrected chi connectivity index (χ4v) is 4.16. The Morgan fingerprint density at radius 2 is 1.78 bits per heavy atom. The van der Waals surface area contributed by atoms with Crippen LogP contribution in [-0.2, 0) is 19.4 Å². The van der Waals surface area contributed by atoms with Crippen LogP contribution in [0.15, 0.2) is 45.9 Å². The van der Waals surface area contributed by atoms with Crippen LogP contribution in [0, 0.1) is 13.8 Å². The van der Waals surface area contributed by atoms with E-state index >= 15 is 0 Å². The Hall–Kier alpha value is -2.61. The van der Waals surface area contributed by atoms with Gasteiger partial charge in [-0.25, -0.2) is 8.42 Å². The molecule has 1 aromatic carbocycles. The van der Waals surface area contributed by atoms with Crippen molar-refractivity contribution >= 4 is 21.7 Å². The average molecular weight is 392 g/mol. The highest BCUT2D eigenvalue weighted by Gasteiger charge is 2.32. The molecule has 0 aliphatic carbocycles. The molecule has 2 N–H and O–H groups in total. The molecule has 0 aliphatic heterocycles. The molecular weight excluding hydrogens is 368 g/mol. The third-order valence-electron chi connectivity index (χ3n) is 4.12. The van der Waals surface area contributed by atoms with Gasteiger partial charge in [-0.3, -0.25) is 9.59 Å². The number of furan rings is 1. The second-order valence-electron chi connectivity index (χ2n) is 6.63. The van der Waals surface area contributed by atoms with E-state index < -0.39 is 26.9 Å². The Labute approximate surface area is 159 Å². The van der Waals surface area contributed by atoms with Gasteiger partial charge in [0.2, 0.25) is 0 Å². The molecule has 1 heterocycles. The van der Waals surface area contributed by atoms with Crippen molar-refractivity contribution in [1.82, 2.24) is 10.6 Å². The van der Waals surface area contributed by atoms with Gasteiger partial charge < -0.3 is 15.1 Å². The zero-order valence-electron chi connectivity index (χ0n) is 15.8. The number of rotatable bonds is 6. The fraction of sp³-hybridized carbons (Fsp3) is 0.368. The molecule has 2 amide bonds. The van der Waals surface area contributed by atoms with E-state index in [0.29, 0.717) is 0 Å². The molecule has 0 unspecified atom stereocenters. The highest BCUT2D eigenvalue weighted by molar-refractivity contribution is 7.91. The Kier molecular flexibility index (Phi) is 6.43. The van der Waals surface area contributed by atoms with Gasteiger partial charge in [-0.2, -0.15) is 0 Å². The fourth-order valence-electron chi connectivity index (χ4n) is 2.49. The SMILES string of the molecule is Cc1ccc(S(=O)(=O)[C@@H](CNC(=O)C(=O)NC(C)C)c2ccco2)cc1C. The number of nitrogens with one attached hydrogen (secondary N) is 2. The number of hydrogen-bond donors (Lipinski definition) is 2. The first-order chi connectivity index (χ1) is 12.6. The van der Waals surface area contributed by atoms with E-state index in [0.717, 1.165) is 11.1 Å². The first-order valence-corrected chi connectivity index (χ1v) is 10.1. The largest absolute Gasteiger partial charge is 0.468 e. The predicted octanol–water partition coefficient (Wildman–Crippen LogP) is 2.05. The summed E-state index contributed by atoms with van der Waals surface area (Å²) in [7, 11) is -3.85. The molecule has 0 radical (unpaired) electrons. The van der Waals surface area contributed by atoms with Crippen LogP contribution in [0.1, 0.15) is 36.0 Å². The maximum absolute atomic E-state index is 13.1. The van der Waals surface area contributed by atoms with Gasteiger partial charge in [-0.05, 0) is 63.1 Å². The van der Waals surface area contributed by atoms with Gasteiger partial charge in [0.15, 0.2) is 9.84 Å². The molecule has 146 valence electrons. The zero-order valence-corrected chi connectivity index (χ0v) is 16.6. The Balaban J connectivity index is 2.28. The van der Waals surface area contributed by atoms with Crippen LogP contribution in [0.5, 0.6) is 0 Å². The number of sulfone groups is 1. The minimum atomic E-state index is -3.85. The van der Waals surface area contributed by atoms with Crippen LogP contribution in [0.2, 0.25) is 0 Å². The average Bonchev–Trinajstić information content (AvgIpc) is 3.10. The highest BCUT2D eigenvalue weighted by atomic mass is 32.2. The lowest BCUT2D eigenvalue weighted by molar-refractivity contribution is -0.139. The Bertz CT molecular complexity index is 918. The van der Waals surface area contributed by atoms with Gasteiger partial charge in [0.25, 0.3) is 0 Å². The Morgan fingerprint density at radius 3 is 2.33 bits per heavy atom. The first kappa shape index (κ1) is 20.7. The number of carbonyl (C=O) groups is 2. The van der Waals surface area contributed by atoms with E-state index in [2.05, 4.69) is 10.6 Å². The molecule has 1 aromatic heterocycles. The topological polar surface area (TPSA) is 105 Å². The van der Waals surface area contributed by atoms with E-state index in [-0.39, 0.29) is 23.2 Å². The molecule has 2 rings (SSSR count). The zero-order chi connectivity index (χ0) is 20.2. The second kappa shape index (κ2) is 8.39.